The Morgan fingerprint density at radius 1 is 1.00 bits per heavy atom. The first kappa shape index (κ1) is 15.9. The van der Waals surface area contributed by atoms with Crippen molar-refractivity contribution >= 4 is 11.6 Å². The summed E-state index contributed by atoms with van der Waals surface area (Å²) in [7, 11) is 1.56. The largest absolute Gasteiger partial charge is 0.493 e. The van der Waals surface area contributed by atoms with Gasteiger partial charge >= 0.3 is 0 Å². The minimum absolute atomic E-state index is 0.236. The van der Waals surface area contributed by atoms with E-state index in [0.29, 0.717) is 22.1 Å². The molecule has 0 unspecified atom stereocenters. The summed E-state index contributed by atoms with van der Waals surface area (Å²) in [5, 5.41) is 10.1. The van der Waals surface area contributed by atoms with Crippen LogP contribution in [0.2, 0.25) is 5.02 Å². The zero-order chi connectivity index (χ0) is 16.9. The number of hydrogen-bond acceptors (Lipinski definition) is 4. The highest BCUT2D eigenvalue weighted by molar-refractivity contribution is 6.30. The molecule has 0 aliphatic rings. The first-order valence-electron chi connectivity index (χ1n) is 7.18. The molecular weight excluding hydrogens is 324 g/mol. The molecule has 0 aliphatic heterocycles. The molecule has 0 saturated heterocycles. The van der Waals surface area contributed by atoms with E-state index in [4.69, 9.17) is 21.1 Å². The zero-order valence-corrected chi connectivity index (χ0v) is 13.6. The lowest BCUT2D eigenvalue weighted by molar-refractivity contribution is 0.374. The van der Waals surface area contributed by atoms with Crippen LogP contribution in [-0.2, 0) is 0 Å². The lowest BCUT2D eigenvalue weighted by Crippen LogP contribution is -1.95. The van der Waals surface area contributed by atoms with Gasteiger partial charge in [0, 0.05) is 16.8 Å². The molecule has 0 amide bonds. The van der Waals surface area contributed by atoms with Gasteiger partial charge in [0.05, 0.1) is 7.11 Å². The highest BCUT2D eigenvalue weighted by Gasteiger charge is 2.11. The van der Waals surface area contributed by atoms with Crippen LogP contribution in [-0.4, -0.2) is 12.1 Å². The van der Waals surface area contributed by atoms with Crippen LogP contribution < -0.4 is 9.47 Å². The van der Waals surface area contributed by atoms with Crippen LogP contribution in [0.3, 0.4) is 0 Å². The lowest BCUT2D eigenvalue weighted by Gasteiger charge is -2.11. The summed E-state index contributed by atoms with van der Waals surface area (Å²) in [4.78, 5) is 4.29. The highest BCUT2D eigenvalue weighted by atomic mass is 35.5. The standard InChI is InChI=1S/C19H13ClN2O2/c1-23-17-4-2-3-5-18(17)24-19-14(11-21)10-15(12-22-19)13-6-8-16(20)9-7-13/h2-10,12H,1H3. The number of benzene rings is 2. The quantitative estimate of drug-likeness (QED) is 0.667. The van der Waals surface area contributed by atoms with Crippen molar-refractivity contribution in [3.8, 4) is 34.6 Å². The third kappa shape index (κ3) is 3.32. The Hall–Kier alpha value is -3.03. The lowest BCUT2D eigenvalue weighted by atomic mass is 10.1. The summed E-state index contributed by atoms with van der Waals surface area (Å²) >= 11 is 5.90. The van der Waals surface area contributed by atoms with Crippen LogP contribution in [0.15, 0.2) is 60.8 Å². The Morgan fingerprint density at radius 2 is 1.71 bits per heavy atom. The maximum Gasteiger partial charge on any atom is 0.237 e. The molecule has 2 aromatic carbocycles. The van der Waals surface area contributed by atoms with E-state index in [1.165, 1.54) is 0 Å². The van der Waals surface area contributed by atoms with Crippen molar-refractivity contribution in [2.24, 2.45) is 0 Å². The SMILES string of the molecule is COc1ccccc1Oc1ncc(-c2ccc(Cl)cc2)cc1C#N. The monoisotopic (exact) mass is 336 g/mol. The topological polar surface area (TPSA) is 55.1 Å². The van der Waals surface area contributed by atoms with Crippen LogP contribution in [0.4, 0.5) is 0 Å². The van der Waals surface area contributed by atoms with Crippen LogP contribution in [0.25, 0.3) is 11.1 Å². The van der Waals surface area contributed by atoms with E-state index in [1.54, 1.807) is 43.6 Å². The smallest absolute Gasteiger partial charge is 0.237 e. The molecule has 0 saturated carbocycles. The number of nitriles is 1. The molecule has 3 aromatic rings. The Morgan fingerprint density at radius 3 is 2.38 bits per heavy atom. The number of ether oxygens (including phenoxy) is 2. The van der Waals surface area contributed by atoms with Gasteiger partial charge in [0.15, 0.2) is 11.5 Å². The average molecular weight is 337 g/mol. The number of rotatable bonds is 4. The van der Waals surface area contributed by atoms with Crippen molar-refractivity contribution in [3.05, 3.63) is 71.4 Å². The first-order valence-corrected chi connectivity index (χ1v) is 7.56. The molecule has 0 spiro atoms. The third-order valence-corrected chi connectivity index (χ3v) is 3.68. The number of halogens is 1. The number of pyridine rings is 1. The summed E-state index contributed by atoms with van der Waals surface area (Å²) in [6.07, 6.45) is 1.66. The Kier molecular flexibility index (Phi) is 4.64. The third-order valence-electron chi connectivity index (χ3n) is 3.42. The average Bonchev–Trinajstić information content (AvgIpc) is 2.63. The summed E-state index contributed by atoms with van der Waals surface area (Å²) in [6, 6.07) is 18.4. The Balaban J connectivity index is 1.95. The number of nitrogens with zero attached hydrogens (tertiary/aromatic N) is 2. The molecular formula is C19H13ClN2O2. The number of para-hydroxylation sites is 2. The molecule has 0 atom stereocenters. The fourth-order valence-electron chi connectivity index (χ4n) is 2.22. The van der Waals surface area contributed by atoms with Crippen LogP contribution in [0, 0.1) is 11.3 Å². The molecule has 0 fully saturated rings. The molecule has 0 aliphatic carbocycles. The van der Waals surface area contributed by atoms with Gasteiger partial charge in [0.1, 0.15) is 11.6 Å². The van der Waals surface area contributed by atoms with Gasteiger partial charge in [-0.25, -0.2) is 4.98 Å². The second-order valence-corrected chi connectivity index (χ2v) is 5.38. The van der Waals surface area contributed by atoms with Crippen LogP contribution >= 0.6 is 11.6 Å². The number of hydrogen-bond donors (Lipinski definition) is 0. The normalized spacial score (nSPS) is 10.0. The molecule has 3 rings (SSSR count). The van der Waals surface area contributed by atoms with Crippen molar-refractivity contribution in [1.29, 1.82) is 5.26 Å². The second kappa shape index (κ2) is 7.03. The van der Waals surface area contributed by atoms with E-state index in [1.807, 2.05) is 24.3 Å². The van der Waals surface area contributed by atoms with Crippen LogP contribution in [0.5, 0.6) is 17.4 Å². The molecule has 4 nitrogen and oxygen atoms in total. The van der Waals surface area contributed by atoms with Crippen molar-refractivity contribution in [3.63, 3.8) is 0 Å². The number of methoxy groups -OCH3 is 1. The first-order chi connectivity index (χ1) is 11.7. The van der Waals surface area contributed by atoms with Crippen molar-refractivity contribution < 1.29 is 9.47 Å². The second-order valence-electron chi connectivity index (χ2n) is 4.95. The van der Waals surface area contributed by atoms with Gasteiger partial charge in [-0.3, -0.25) is 0 Å². The van der Waals surface area contributed by atoms with Crippen LogP contribution in [0.1, 0.15) is 5.56 Å². The van der Waals surface area contributed by atoms with Crippen molar-refractivity contribution in [1.82, 2.24) is 4.98 Å². The van der Waals surface area contributed by atoms with Gasteiger partial charge in [-0.1, -0.05) is 35.9 Å². The van der Waals surface area contributed by atoms with E-state index >= 15 is 0 Å². The molecule has 5 heteroatoms. The molecule has 24 heavy (non-hydrogen) atoms. The molecule has 118 valence electrons. The fourth-order valence-corrected chi connectivity index (χ4v) is 2.35. The summed E-state index contributed by atoms with van der Waals surface area (Å²) in [5.74, 6) is 1.31. The Labute approximate surface area is 144 Å². The van der Waals surface area contributed by atoms with E-state index in [9.17, 15) is 5.26 Å². The maximum absolute atomic E-state index is 9.42. The van der Waals surface area contributed by atoms with Gasteiger partial charge in [-0.2, -0.15) is 5.26 Å². The minimum atomic E-state index is 0.236. The maximum atomic E-state index is 9.42. The minimum Gasteiger partial charge on any atom is -0.493 e. The summed E-state index contributed by atoms with van der Waals surface area (Å²) in [6.45, 7) is 0. The fraction of sp³-hybridized carbons (Fsp3) is 0.0526. The molecule has 0 radical (unpaired) electrons. The molecule has 1 aromatic heterocycles. The van der Waals surface area contributed by atoms with Gasteiger partial charge in [-0.05, 0) is 35.9 Å². The molecule has 1 heterocycles. The van der Waals surface area contributed by atoms with Gasteiger partial charge in [0.2, 0.25) is 5.88 Å². The van der Waals surface area contributed by atoms with E-state index < -0.39 is 0 Å². The summed E-state index contributed by atoms with van der Waals surface area (Å²) in [5.41, 5.74) is 2.08. The van der Waals surface area contributed by atoms with Gasteiger partial charge < -0.3 is 9.47 Å². The highest BCUT2D eigenvalue weighted by Crippen LogP contribution is 2.33. The van der Waals surface area contributed by atoms with E-state index in [2.05, 4.69) is 11.1 Å². The van der Waals surface area contributed by atoms with Crippen molar-refractivity contribution in [2.75, 3.05) is 7.11 Å². The predicted molar refractivity (Wildman–Crippen MR) is 92.5 cm³/mol. The Bertz CT molecular complexity index is 902. The predicted octanol–water partition coefficient (Wildman–Crippen LogP) is 5.07. The van der Waals surface area contributed by atoms with E-state index in [0.717, 1.165) is 11.1 Å². The zero-order valence-electron chi connectivity index (χ0n) is 12.9. The van der Waals surface area contributed by atoms with E-state index in [-0.39, 0.29) is 5.88 Å². The number of aromatic nitrogens is 1. The molecule has 0 N–H and O–H groups in total. The van der Waals surface area contributed by atoms with Crippen molar-refractivity contribution in [2.45, 2.75) is 0 Å². The van der Waals surface area contributed by atoms with Gasteiger partial charge in [0.25, 0.3) is 0 Å². The molecule has 0 bridgehead atoms. The summed E-state index contributed by atoms with van der Waals surface area (Å²) < 4.78 is 11.0. The van der Waals surface area contributed by atoms with Gasteiger partial charge in [-0.15, -0.1) is 0 Å².